The summed E-state index contributed by atoms with van der Waals surface area (Å²) in [5.74, 6) is -0.639. The highest BCUT2D eigenvalue weighted by molar-refractivity contribution is 5.92. The zero-order chi connectivity index (χ0) is 29.0. The van der Waals surface area contributed by atoms with Crippen molar-refractivity contribution < 1.29 is 29.3 Å². The first-order chi connectivity index (χ1) is 18.4. The van der Waals surface area contributed by atoms with E-state index >= 15 is 0 Å². The van der Waals surface area contributed by atoms with Crippen molar-refractivity contribution in [3.63, 3.8) is 0 Å². The fraction of sp³-hybridized carbons (Fsp3) is 0.500. The van der Waals surface area contributed by atoms with Crippen molar-refractivity contribution in [2.24, 2.45) is 0 Å². The summed E-state index contributed by atoms with van der Waals surface area (Å²) in [7, 11) is 0. The number of phenolic OH excluding ortho intramolecular Hbond substituents is 2. The van der Waals surface area contributed by atoms with Crippen molar-refractivity contribution >= 4 is 17.9 Å². The summed E-state index contributed by atoms with van der Waals surface area (Å²) >= 11 is 0. The van der Waals surface area contributed by atoms with Gasteiger partial charge in [-0.05, 0) is 69.0 Å². The lowest BCUT2D eigenvalue weighted by molar-refractivity contribution is -0.142. The van der Waals surface area contributed by atoms with Gasteiger partial charge in [-0.1, -0.05) is 51.0 Å². The Morgan fingerprint density at radius 1 is 0.897 bits per heavy atom. The van der Waals surface area contributed by atoms with Crippen LogP contribution in [0.5, 0.6) is 11.5 Å². The number of ether oxygens (including phenoxy) is 1. The summed E-state index contributed by atoms with van der Waals surface area (Å²) < 4.78 is 5.44. The minimum Gasteiger partial charge on any atom is -0.508 e. The number of carbonyl (C=O) groups excluding carboxylic acids is 3. The molecule has 0 radical (unpaired) electrons. The summed E-state index contributed by atoms with van der Waals surface area (Å²) in [6.45, 7) is 9.97. The molecule has 0 aromatic heterocycles. The number of phenols is 2. The number of alkyl carbamates (subject to hydrolysis) is 1. The normalized spacial score (nSPS) is 12.7. The van der Waals surface area contributed by atoms with E-state index in [0.717, 1.165) is 19.3 Å². The largest absolute Gasteiger partial charge is 0.508 e. The first-order valence-electron chi connectivity index (χ1n) is 13.6. The van der Waals surface area contributed by atoms with Crippen molar-refractivity contribution in [1.82, 2.24) is 15.5 Å². The third-order valence-electron chi connectivity index (χ3n) is 6.00. The second kappa shape index (κ2) is 15.0. The number of carbonyl (C=O) groups is 3. The smallest absolute Gasteiger partial charge is 0.408 e. The molecule has 2 unspecified atom stereocenters. The van der Waals surface area contributed by atoms with E-state index in [1.165, 1.54) is 29.2 Å². The van der Waals surface area contributed by atoms with Gasteiger partial charge < -0.3 is 30.5 Å². The quantitative estimate of drug-likeness (QED) is 0.269. The molecule has 0 fully saturated rings. The van der Waals surface area contributed by atoms with Gasteiger partial charge in [0.25, 0.3) is 0 Å². The van der Waals surface area contributed by atoms with E-state index in [1.807, 2.05) is 13.8 Å². The molecule has 2 aromatic rings. The molecule has 214 valence electrons. The summed E-state index contributed by atoms with van der Waals surface area (Å²) in [5.41, 5.74) is 0.490. The Balaban J connectivity index is 2.50. The van der Waals surface area contributed by atoms with Crippen molar-refractivity contribution in [2.45, 2.75) is 84.4 Å². The Hall–Kier alpha value is -3.75. The van der Waals surface area contributed by atoms with Crippen LogP contribution in [0, 0.1) is 0 Å². The van der Waals surface area contributed by atoms with Crippen LogP contribution >= 0.6 is 0 Å². The Kier molecular flexibility index (Phi) is 12.1. The predicted octanol–water partition coefficient (Wildman–Crippen LogP) is 4.82. The summed E-state index contributed by atoms with van der Waals surface area (Å²) in [4.78, 5) is 42.0. The molecule has 39 heavy (non-hydrogen) atoms. The Morgan fingerprint density at radius 2 is 1.46 bits per heavy atom. The molecule has 4 N–H and O–H groups in total. The molecule has 0 saturated heterocycles. The van der Waals surface area contributed by atoms with Gasteiger partial charge in [-0.25, -0.2) is 4.79 Å². The van der Waals surface area contributed by atoms with E-state index in [2.05, 4.69) is 10.6 Å². The van der Waals surface area contributed by atoms with Crippen LogP contribution in [0.15, 0.2) is 48.5 Å². The van der Waals surface area contributed by atoms with Gasteiger partial charge in [-0.3, -0.25) is 9.59 Å². The Bertz CT molecular complexity index is 1060. The lowest BCUT2D eigenvalue weighted by atomic mass is 9.99. The fourth-order valence-electron chi connectivity index (χ4n) is 4.03. The fourth-order valence-corrected chi connectivity index (χ4v) is 4.03. The number of nitrogens with zero attached hydrogens (tertiary/aromatic N) is 1. The van der Waals surface area contributed by atoms with E-state index in [0.29, 0.717) is 24.1 Å². The molecule has 0 bridgehead atoms. The molecule has 2 aromatic carbocycles. The number of benzene rings is 2. The van der Waals surface area contributed by atoms with Crippen molar-refractivity contribution in [3.8, 4) is 11.5 Å². The van der Waals surface area contributed by atoms with Crippen LogP contribution in [0.4, 0.5) is 4.79 Å². The minimum atomic E-state index is -1.04. The Morgan fingerprint density at radius 3 is 2.00 bits per heavy atom. The average Bonchev–Trinajstić information content (AvgIpc) is 2.87. The topological polar surface area (TPSA) is 128 Å². The van der Waals surface area contributed by atoms with Crippen LogP contribution in [-0.4, -0.2) is 57.8 Å². The zero-order valence-electron chi connectivity index (χ0n) is 23.7. The van der Waals surface area contributed by atoms with Gasteiger partial charge >= 0.3 is 6.09 Å². The average molecular weight is 542 g/mol. The summed E-state index contributed by atoms with van der Waals surface area (Å²) in [5, 5.41) is 25.2. The summed E-state index contributed by atoms with van der Waals surface area (Å²) in [6, 6.07) is 10.6. The van der Waals surface area contributed by atoms with Gasteiger partial charge in [0.1, 0.15) is 29.2 Å². The van der Waals surface area contributed by atoms with Gasteiger partial charge in [-0.15, -0.1) is 0 Å². The van der Waals surface area contributed by atoms with Crippen LogP contribution in [0.1, 0.15) is 77.5 Å². The molecule has 0 heterocycles. The van der Waals surface area contributed by atoms with Crippen LogP contribution in [0.2, 0.25) is 0 Å². The van der Waals surface area contributed by atoms with Crippen LogP contribution < -0.4 is 10.6 Å². The number of amides is 3. The van der Waals surface area contributed by atoms with Gasteiger partial charge in [0.2, 0.25) is 11.8 Å². The Labute approximate surface area is 231 Å². The molecule has 9 heteroatoms. The van der Waals surface area contributed by atoms with Gasteiger partial charge in [-0.2, -0.15) is 0 Å². The van der Waals surface area contributed by atoms with E-state index in [-0.39, 0.29) is 30.4 Å². The third-order valence-corrected chi connectivity index (χ3v) is 6.00. The van der Waals surface area contributed by atoms with Crippen LogP contribution in [0.25, 0.3) is 0 Å². The van der Waals surface area contributed by atoms with Crippen molar-refractivity contribution in [2.75, 3.05) is 13.1 Å². The highest BCUT2D eigenvalue weighted by Crippen LogP contribution is 2.26. The molecule has 2 rings (SSSR count). The molecule has 3 amide bonds. The van der Waals surface area contributed by atoms with Gasteiger partial charge in [0.15, 0.2) is 0 Å². The number of hydrogen-bond donors (Lipinski definition) is 4. The third kappa shape index (κ3) is 10.5. The van der Waals surface area contributed by atoms with Gasteiger partial charge in [0.05, 0.1) is 0 Å². The second-order valence-electron chi connectivity index (χ2n) is 10.6. The molecule has 0 aliphatic rings. The predicted molar refractivity (Wildman–Crippen MR) is 150 cm³/mol. The molecular weight excluding hydrogens is 498 g/mol. The molecular formula is C30H43N3O6. The van der Waals surface area contributed by atoms with Crippen molar-refractivity contribution in [3.05, 3.63) is 59.7 Å². The molecule has 0 aliphatic carbocycles. The maximum Gasteiger partial charge on any atom is 0.408 e. The maximum absolute atomic E-state index is 14.2. The summed E-state index contributed by atoms with van der Waals surface area (Å²) in [6.07, 6.45) is 2.49. The molecule has 0 spiro atoms. The number of aromatic hydroxyl groups is 2. The van der Waals surface area contributed by atoms with E-state index in [9.17, 15) is 24.6 Å². The highest BCUT2D eigenvalue weighted by atomic mass is 16.6. The highest BCUT2D eigenvalue weighted by Gasteiger charge is 2.36. The van der Waals surface area contributed by atoms with E-state index in [1.54, 1.807) is 45.0 Å². The monoisotopic (exact) mass is 541 g/mol. The van der Waals surface area contributed by atoms with Crippen LogP contribution in [0.3, 0.4) is 0 Å². The zero-order valence-corrected chi connectivity index (χ0v) is 23.7. The standard InChI is InChI=1S/C30H43N3O6/c1-6-8-18-31-27(36)26(22-12-16-24(35)17-13-22)33(19-9-7-2)28(37)25(32-29(38)39-30(3,4)5)20-21-10-14-23(34)15-11-21/h10-17,25-26,34-35H,6-9,18-20H2,1-5H3,(H,31,36)(H,32,38). The first kappa shape index (κ1) is 31.5. The second-order valence-corrected chi connectivity index (χ2v) is 10.6. The number of rotatable bonds is 13. The lowest BCUT2D eigenvalue weighted by Gasteiger charge is -2.34. The molecule has 9 nitrogen and oxygen atoms in total. The van der Waals surface area contributed by atoms with E-state index < -0.39 is 29.7 Å². The van der Waals surface area contributed by atoms with Crippen molar-refractivity contribution in [1.29, 1.82) is 0 Å². The number of hydrogen-bond acceptors (Lipinski definition) is 6. The molecule has 0 aliphatic heterocycles. The molecule has 0 saturated carbocycles. The maximum atomic E-state index is 14.2. The minimum absolute atomic E-state index is 0.0483. The van der Waals surface area contributed by atoms with Gasteiger partial charge in [0, 0.05) is 19.5 Å². The number of nitrogens with one attached hydrogen (secondary N) is 2. The first-order valence-corrected chi connectivity index (χ1v) is 13.6. The molecule has 2 atom stereocenters. The lowest BCUT2D eigenvalue weighted by Crippen LogP contribution is -2.54. The number of unbranched alkanes of at least 4 members (excludes halogenated alkanes) is 2. The van der Waals surface area contributed by atoms with Crippen LogP contribution in [-0.2, 0) is 20.7 Å². The SMILES string of the molecule is CCCCNC(=O)C(c1ccc(O)cc1)N(CCCC)C(=O)C(Cc1ccc(O)cc1)NC(=O)OC(C)(C)C. The van der Waals surface area contributed by atoms with E-state index in [4.69, 9.17) is 4.74 Å².